The van der Waals surface area contributed by atoms with E-state index in [9.17, 15) is 0 Å². The molecule has 2 nitrogen and oxygen atoms in total. The van der Waals surface area contributed by atoms with Gasteiger partial charge in [0.15, 0.2) is 0 Å². The Hall–Kier alpha value is 0.100. The van der Waals surface area contributed by atoms with Crippen LogP contribution in [-0.2, 0) is 11.3 Å². The Morgan fingerprint density at radius 3 is 3.12 bits per heavy atom. The van der Waals surface area contributed by atoms with Crippen molar-refractivity contribution in [1.29, 1.82) is 0 Å². The van der Waals surface area contributed by atoms with Gasteiger partial charge in [0, 0.05) is 29.0 Å². The van der Waals surface area contributed by atoms with Crippen molar-refractivity contribution in [2.24, 2.45) is 0 Å². The van der Waals surface area contributed by atoms with E-state index in [1.165, 1.54) is 28.6 Å². The summed E-state index contributed by atoms with van der Waals surface area (Å²) in [5.41, 5.74) is 0. The van der Waals surface area contributed by atoms with E-state index in [1.54, 1.807) is 11.3 Å². The third-order valence-corrected chi connectivity index (χ3v) is 5.13. The summed E-state index contributed by atoms with van der Waals surface area (Å²) in [6.07, 6.45) is 5.39. The average Bonchev–Trinajstić information content (AvgIpc) is 2.72. The fourth-order valence-electron chi connectivity index (χ4n) is 2.23. The molecule has 0 bridgehead atoms. The zero-order chi connectivity index (χ0) is 11.4. The van der Waals surface area contributed by atoms with Crippen molar-refractivity contribution in [2.75, 3.05) is 7.11 Å². The van der Waals surface area contributed by atoms with Gasteiger partial charge in [0.1, 0.15) is 0 Å². The van der Waals surface area contributed by atoms with Gasteiger partial charge in [0.2, 0.25) is 0 Å². The number of ether oxygens (including phenoxy) is 1. The molecule has 0 amide bonds. The predicted octanol–water partition coefficient (Wildman–Crippen LogP) is 3.56. The molecule has 2 unspecified atom stereocenters. The molecule has 1 aliphatic carbocycles. The molecule has 1 aromatic heterocycles. The molecule has 90 valence electrons. The molecule has 0 aromatic carbocycles. The van der Waals surface area contributed by atoms with Crippen LogP contribution in [0.2, 0.25) is 0 Å². The van der Waals surface area contributed by atoms with Crippen molar-refractivity contribution < 1.29 is 4.74 Å². The molecule has 2 atom stereocenters. The van der Waals surface area contributed by atoms with Gasteiger partial charge >= 0.3 is 0 Å². The highest BCUT2D eigenvalue weighted by Crippen LogP contribution is 2.24. The van der Waals surface area contributed by atoms with Gasteiger partial charge < -0.3 is 10.1 Å². The monoisotopic (exact) mass is 303 g/mol. The van der Waals surface area contributed by atoms with Crippen LogP contribution >= 0.6 is 27.3 Å². The van der Waals surface area contributed by atoms with E-state index in [-0.39, 0.29) is 0 Å². The molecule has 1 N–H and O–H groups in total. The number of halogens is 1. The summed E-state index contributed by atoms with van der Waals surface area (Å²) in [5, 5.41) is 5.75. The third kappa shape index (κ3) is 3.29. The van der Waals surface area contributed by atoms with Gasteiger partial charge in [-0.05, 0) is 53.1 Å². The lowest BCUT2D eigenvalue weighted by Gasteiger charge is -2.28. The highest BCUT2D eigenvalue weighted by molar-refractivity contribution is 9.10. The molecule has 1 aliphatic rings. The Balaban J connectivity index is 1.79. The summed E-state index contributed by atoms with van der Waals surface area (Å²) in [4.78, 5) is 1.39. The molecule has 16 heavy (non-hydrogen) atoms. The highest BCUT2D eigenvalue weighted by atomic mass is 79.9. The second-order valence-corrected chi connectivity index (χ2v) is 6.15. The standard InChI is InChI=1S/C12H18BrNOS/c1-15-10-4-2-3-9(7-10)14-8-12-11(13)5-6-16-12/h5-6,9-10,14H,2-4,7-8H2,1H3. The van der Waals surface area contributed by atoms with Gasteiger partial charge in [-0.25, -0.2) is 0 Å². The Labute approximate surface area is 110 Å². The maximum absolute atomic E-state index is 5.44. The average molecular weight is 304 g/mol. The SMILES string of the molecule is COC1CCCC(NCc2sccc2Br)C1. The van der Waals surface area contributed by atoms with E-state index in [4.69, 9.17) is 4.74 Å². The lowest BCUT2D eigenvalue weighted by Crippen LogP contribution is -2.36. The number of methoxy groups -OCH3 is 1. The predicted molar refractivity (Wildman–Crippen MR) is 71.9 cm³/mol. The maximum Gasteiger partial charge on any atom is 0.0586 e. The van der Waals surface area contributed by atoms with Crippen LogP contribution in [0.4, 0.5) is 0 Å². The smallest absolute Gasteiger partial charge is 0.0586 e. The zero-order valence-electron chi connectivity index (χ0n) is 9.54. The number of thiophene rings is 1. The van der Waals surface area contributed by atoms with Crippen LogP contribution in [0.5, 0.6) is 0 Å². The molecule has 0 saturated heterocycles. The second kappa shape index (κ2) is 6.15. The number of hydrogen-bond acceptors (Lipinski definition) is 3. The largest absolute Gasteiger partial charge is 0.381 e. The summed E-state index contributed by atoms with van der Waals surface area (Å²) in [6.45, 7) is 0.972. The van der Waals surface area contributed by atoms with Gasteiger partial charge in [-0.2, -0.15) is 0 Å². The summed E-state index contributed by atoms with van der Waals surface area (Å²) in [7, 11) is 1.82. The minimum absolute atomic E-state index is 0.457. The fraction of sp³-hybridized carbons (Fsp3) is 0.667. The lowest BCUT2D eigenvalue weighted by molar-refractivity contribution is 0.0586. The van der Waals surface area contributed by atoms with E-state index in [2.05, 4.69) is 32.7 Å². The molecule has 0 radical (unpaired) electrons. The van der Waals surface area contributed by atoms with Crippen molar-refractivity contribution >= 4 is 27.3 Å². The first kappa shape index (κ1) is 12.6. The van der Waals surface area contributed by atoms with Crippen LogP contribution in [0.15, 0.2) is 15.9 Å². The fourth-order valence-corrected chi connectivity index (χ4v) is 3.68. The molecule has 4 heteroatoms. The first-order valence-electron chi connectivity index (χ1n) is 5.77. The molecular weight excluding hydrogens is 286 g/mol. The van der Waals surface area contributed by atoms with E-state index in [0.717, 1.165) is 13.0 Å². The first-order chi connectivity index (χ1) is 7.79. The molecule has 1 saturated carbocycles. The van der Waals surface area contributed by atoms with Crippen molar-refractivity contribution in [1.82, 2.24) is 5.32 Å². The molecule has 1 aromatic rings. The number of hydrogen-bond donors (Lipinski definition) is 1. The van der Waals surface area contributed by atoms with Crippen LogP contribution in [0, 0.1) is 0 Å². The van der Waals surface area contributed by atoms with Crippen molar-refractivity contribution in [3.8, 4) is 0 Å². The lowest BCUT2D eigenvalue weighted by atomic mass is 9.93. The first-order valence-corrected chi connectivity index (χ1v) is 7.45. The molecule has 0 spiro atoms. The molecular formula is C12H18BrNOS. The Morgan fingerprint density at radius 1 is 1.56 bits per heavy atom. The van der Waals surface area contributed by atoms with Crippen LogP contribution in [0.1, 0.15) is 30.6 Å². The highest BCUT2D eigenvalue weighted by Gasteiger charge is 2.21. The maximum atomic E-state index is 5.44. The van der Waals surface area contributed by atoms with Crippen LogP contribution in [0.25, 0.3) is 0 Å². The normalized spacial score (nSPS) is 25.9. The summed E-state index contributed by atoms with van der Waals surface area (Å²) >= 11 is 5.37. The summed E-state index contributed by atoms with van der Waals surface area (Å²) in [6, 6.07) is 2.73. The molecule has 1 heterocycles. The van der Waals surface area contributed by atoms with Gasteiger partial charge in [0.25, 0.3) is 0 Å². The molecule has 1 fully saturated rings. The van der Waals surface area contributed by atoms with Gasteiger partial charge in [0.05, 0.1) is 6.10 Å². The van der Waals surface area contributed by atoms with Gasteiger partial charge in [-0.1, -0.05) is 0 Å². The van der Waals surface area contributed by atoms with E-state index < -0.39 is 0 Å². The zero-order valence-corrected chi connectivity index (χ0v) is 11.9. The third-order valence-electron chi connectivity index (χ3n) is 3.20. The van der Waals surface area contributed by atoms with E-state index >= 15 is 0 Å². The van der Waals surface area contributed by atoms with Crippen LogP contribution in [-0.4, -0.2) is 19.3 Å². The van der Waals surface area contributed by atoms with E-state index in [0.29, 0.717) is 12.1 Å². The van der Waals surface area contributed by atoms with Crippen molar-refractivity contribution in [3.05, 3.63) is 20.8 Å². The van der Waals surface area contributed by atoms with Crippen molar-refractivity contribution in [3.63, 3.8) is 0 Å². The summed E-state index contributed by atoms with van der Waals surface area (Å²) < 4.78 is 6.66. The minimum atomic E-state index is 0.457. The summed E-state index contributed by atoms with van der Waals surface area (Å²) in [5.74, 6) is 0. The van der Waals surface area contributed by atoms with Crippen molar-refractivity contribution in [2.45, 2.75) is 44.4 Å². The van der Waals surface area contributed by atoms with Gasteiger partial charge in [-0.3, -0.25) is 0 Å². The quantitative estimate of drug-likeness (QED) is 0.918. The topological polar surface area (TPSA) is 21.3 Å². The van der Waals surface area contributed by atoms with Crippen LogP contribution < -0.4 is 5.32 Å². The Kier molecular flexibility index (Phi) is 4.82. The Morgan fingerprint density at radius 2 is 2.44 bits per heavy atom. The molecule has 2 rings (SSSR count). The minimum Gasteiger partial charge on any atom is -0.381 e. The Bertz CT molecular complexity index is 329. The second-order valence-electron chi connectivity index (χ2n) is 4.29. The van der Waals surface area contributed by atoms with Crippen LogP contribution in [0.3, 0.4) is 0 Å². The number of rotatable bonds is 4. The number of nitrogens with one attached hydrogen (secondary N) is 1. The van der Waals surface area contributed by atoms with E-state index in [1.807, 2.05) is 7.11 Å². The molecule has 0 aliphatic heterocycles. The van der Waals surface area contributed by atoms with Gasteiger partial charge in [-0.15, -0.1) is 11.3 Å².